The second-order valence-electron chi connectivity index (χ2n) is 5.90. The van der Waals surface area contributed by atoms with Crippen LogP contribution in [0.15, 0.2) is 28.7 Å². The predicted octanol–water partition coefficient (Wildman–Crippen LogP) is 4.36. The van der Waals surface area contributed by atoms with Gasteiger partial charge in [0, 0.05) is 30.0 Å². The first-order chi connectivity index (χ1) is 10.8. The standard InChI is InChI=1S/C16H16BrF3N2O/c1-21-13(8-10-4-2-6-12(17)14(10)21)15(23)22-7-3-5-11(9-22)16(18,19)20/h2,4,6,8,11H,3,5,7,9H2,1H3. The van der Waals surface area contributed by atoms with Crippen molar-refractivity contribution in [2.75, 3.05) is 13.1 Å². The summed E-state index contributed by atoms with van der Waals surface area (Å²) < 4.78 is 41.4. The number of likely N-dealkylation sites (tertiary alicyclic amines) is 1. The summed E-state index contributed by atoms with van der Waals surface area (Å²) in [6.07, 6.45) is -3.78. The summed E-state index contributed by atoms with van der Waals surface area (Å²) in [4.78, 5) is 14.0. The third-order valence-corrected chi connectivity index (χ3v) is 5.04. The second-order valence-corrected chi connectivity index (χ2v) is 6.75. The topological polar surface area (TPSA) is 25.2 Å². The van der Waals surface area contributed by atoms with Crippen molar-refractivity contribution >= 4 is 32.7 Å². The largest absolute Gasteiger partial charge is 0.393 e. The van der Waals surface area contributed by atoms with Gasteiger partial charge in [-0.1, -0.05) is 12.1 Å². The Morgan fingerprint density at radius 2 is 2.09 bits per heavy atom. The van der Waals surface area contributed by atoms with Crippen LogP contribution in [0.2, 0.25) is 0 Å². The third-order valence-electron chi connectivity index (χ3n) is 4.40. The van der Waals surface area contributed by atoms with E-state index in [1.165, 1.54) is 4.90 Å². The van der Waals surface area contributed by atoms with Gasteiger partial charge in [-0.3, -0.25) is 4.79 Å². The molecule has 1 amide bonds. The molecule has 0 aliphatic carbocycles. The summed E-state index contributed by atoms with van der Waals surface area (Å²) in [5, 5.41) is 0.884. The van der Waals surface area contributed by atoms with Crippen molar-refractivity contribution < 1.29 is 18.0 Å². The van der Waals surface area contributed by atoms with Crippen molar-refractivity contribution in [3.63, 3.8) is 0 Å². The highest BCUT2D eigenvalue weighted by atomic mass is 79.9. The van der Waals surface area contributed by atoms with Gasteiger partial charge >= 0.3 is 6.18 Å². The quantitative estimate of drug-likeness (QED) is 0.712. The van der Waals surface area contributed by atoms with E-state index in [1.54, 1.807) is 17.7 Å². The van der Waals surface area contributed by atoms with Crippen LogP contribution in [0.1, 0.15) is 23.3 Å². The van der Waals surface area contributed by atoms with Gasteiger partial charge in [0.2, 0.25) is 0 Å². The highest BCUT2D eigenvalue weighted by Gasteiger charge is 2.43. The number of aryl methyl sites for hydroxylation is 1. The van der Waals surface area contributed by atoms with E-state index < -0.39 is 12.1 Å². The third kappa shape index (κ3) is 2.98. The van der Waals surface area contributed by atoms with Crippen LogP contribution in [0.4, 0.5) is 13.2 Å². The number of amides is 1. The maximum absolute atomic E-state index is 12.9. The van der Waals surface area contributed by atoms with Crippen LogP contribution in [-0.2, 0) is 7.05 Å². The van der Waals surface area contributed by atoms with Crippen LogP contribution in [0.25, 0.3) is 10.9 Å². The van der Waals surface area contributed by atoms with E-state index in [2.05, 4.69) is 15.9 Å². The lowest BCUT2D eigenvalue weighted by molar-refractivity contribution is -0.184. The maximum Gasteiger partial charge on any atom is 0.393 e. The van der Waals surface area contributed by atoms with E-state index >= 15 is 0 Å². The van der Waals surface area contributed by atoms with E-state index in [0.717, 1.165) is 15.4 Å². The number of para-hydroxylation sites is 1. The minimum atomic E-state index is -4.25. The van der Waals surface area contributed by atoms with Crippen LogP contribution >= 0.6 is 15.9 Å². The molecule has 23 heavy (non-hydrogen) atoms. The van der Waals surface area contributed by atoms with E-state index in [4.69, 9.17) is 0 Å². The van der Waals surface area contributed by atoms with Crippen LogP contribution in [-0.4, -0.2) is 34.6 Å². The van der Waals surface area contributed by atoms with Crippen molar-refractivity contribution in [3.05, 3.63) is 34.4 Å². The van der Waals surface area contributed by atoms with Crippen molar-refractivity contribution in [2.45, 2.75) is 19.0 Å². The Hall–Kier alpha value is -1.50. The molecule has 2 aromatic rings. The molecule has 0 spiro atoms. The molecule has 1 fully saturated rings. The molecule has 124 valence electrons. The Morgan fingerprint density at radius 3 is 2.74 bits per heavy atom. The Kier molecular flexibility index (Phi) is 4.16. The molecule has 0 radical (unpaired) electrons. The molecule has 0 N–H and O–H groups in total. The van der Waals surface area contributed by atoms with Gasteiger partial charge < -0.3 is 9.47 Å². The smallest absolute Gasteiger partial charge is 0.339 e. The first-order valence-electron chi connectivity index (χ1n) is 7.39. The SMILES string of the molecule is Cn1c(C(=O)N2CCCC(C(F)(F)F)C2)cc2cccc(Br)c21. The van der Waals surface area contributed by atoms with Gasteiger partial charge in [0.15, 0.2) is 0 Å². The number of rotatable bonds is 1. The van der Waals surface area contributed by atoms with E-state index in [1.807, 2.05) is 18.2 Å². The number of nitrogens with zero attached hydrogens (tertiary/aromatic N) is 2. The molecule has 0 bridgehead atoms. The first-order valence-corrected chi connectivity index (χ1v) is 8.18. The molecule has 1 aliphatic heterocycles. The van der Waals surface area contributed by atoms with Crippen LogP contribution in [0.3, 0.4) is 0 Å². The number of alkyl halides is 3. The molecular weight excluding hydrogens is 373 g/mol. The van der Waals surface area contributed by atoms with Crippen molar-refractivity contribution in [1.29, 1.82) is 0 Å². The van der Waals surface area contributed by atoms with Crippen LogP contribution in [0, 0.1) is 5.92 Å². The van der Waals surface area contributed by atoms with E-state index in [-0.39, 0.29) is 18.9 Å². The molecule has 3 rings (SSSR count). The second kappa shape index (κ2) is 5.85. The summed E-state index contributed by atoms with van der Waals surface area (Å²) >= 11 is 3.45. The molecule has 1 aromatic carbocycles. The molecule has 1 atom stereocenters. The molecule has 0 saturated carbocycles. The lowest BCUT2D eigenvalue weighted by Gasteiger charge is -2.33. The van der Waals surface area contributed by atoms with Gasteiger partial charge in [-0.05, 0) is 40.9 Å². The number of fused-ring (bicyclic) bond motifs is 1. The van der Waals surface area contributed by atoms with E-state index in [9.17, 15) is 18.0 Å². The molecule has 3 nitrogen and oxygen atoms in total. The van der Waals surface area contributed by atoms with Crippen molar-refractivity contribution in [3.8, 4) is 0 Å². The summed E-state index contributed by atoms with van der Waals surface area (Å²) in [6, 6.07) is 7.35. The molecule has 1 unspecified atom stereocenters. The summed E-state index contributed by atoms with van der Waals surface area (Å²) in [6.45, 7) is 0.110. The number of hydrogen-bond donors (Lipinski definition) is 0. The molecule has 2 heterocycles. The minimum Gasteiger partial charge on any atom is -0.339 e. The number of hydrogen-bond acceptors (Lipinski definition) is 1. The number of halogens is 4. The van der Waals surface area contributed by atoms with Gasteiger partial charge in [0.1, 0.15) is 5.69 Å². The fourth-order valence-corrected chi connectivity index (χ4v) is 3.81. The fourth-order valence-electron chi connectivity index (χ4n) is 3.16. The zero-order chi connectivity index (χ0) is 16.8. The predicted molar refractivity (Wildman–Crippen MR) is 85.3 cm³/mol. The minimum absolute atomic E-state index is 0.0912. The average Bonchev–Trinajstić information content (AvgIpc) is 2.84. The van der Waals surface area contributed by atoms with E-state index in [0.29, 0.717) is 18.7 Å². The Bertz CT molecular complexity index is 754. The highest BCUT2D eigenvalue weighted by molar-refractivity contribution is 9.10. The Labute approximate surface area is 140 Å². The van der Waals surface area contributed by atoms with Gasteiger partial charge in [-0.2, -0.15) is 13.2 Å². The summed E-state index contributed by atoms with van der Waals surface area (Å²) in [5.74, 6) is -1.77. The number of piperidine rings is 1. The monoisotopic (exact) mass is 388 g/mol. The zero-order valence-corrected chi connectivity index (χ0v) is 14.1. The van der Waals surface area contributed by atoms with Crippen LogP contribution in [0.5, 0.6) is 0 Å². The Morgan fingerprint density at radius 1 is 1.35 bits per heavy atom. The number of carbonyl (C=O) groups is 1. The lowest BCUT2D eigenvalue weighted by atomic mass is 9.97. The Balaban J connectivity index is 1.92. The number of carbonyl (C=O) groups excluding carboxylic acids is 1. The fraction of sp³-hybridized carbons (Fsp3) is 0.438. The van der Waals surface area contributed by atoms with Gasteiger partial charge in [0.05, 0.1) is 11.4 Å². The van der Waals surface area contributed by atoms with Gasteiger partial charge in [0.25, 0.3) is 5.91 Å². The summed E-state index contributed by atoms with van der Waals surface area (Å²) in [7, 11) is 1.76. The molecule has 7 heteroatoms. The summed E-state index contributed by atoms with van der Waals surface area (Å²) in [5.41, 5.74) is 1.27. The van der Waals surface area contributed by atoms with Gasteiger partial charge in [-0.15, -0.1) is 0 Å². The molecule has 1 aromatic heterocycles. The van der Waals surface area contributed by atoms with Gasteiger partial charge in [-0.25, -0.2) is 0 Å². The molecular formula is C16H16BrF3N2O. The number of benzene rings is 1. The highest BCUT2D eigenvalue weighted by Crippen LogP contribution is 2.34. The lowest BCUT2D eigenvalue weighted by Crippen LogP contribution is -2.45. The zero-order valence-electron chi connectivity index (χ0n) is 12.5. The molecule has 1 aliphatic rings. The molecule has 1 saturated heterocycles. The maximum atomic E-state index is 12.9. The first kappa shape index (κ1) is 16.4. The van der Waals surface area contributed by atoms with Crippen molar-refractivity contribution in [2.24, 2.45) is 13.0 Å². The van der Waals surface area contributed by atoms with Crippen molar-refractivity contribution in [1.82, 2.24) is 9.47 Å². The number of aromatic nitrogens is 1. The normalized spacial score (nSPS) is 19.3. The van der Waals surface area contributed by atoms with Crippen LogP contribution < -0.4 is 0 Å². The average molecular weight is 389 g/mol.